The van der Waals surface area contributed by atoms with Gasteiger partial charge in [0.1, 0.15) is 0 Å². The molecule has 4 heteroatoms. The summed E-state index contributed by atoms with van der Waals surface area (Å²) >= 11 is 0. The van der Waals surface area contributed by atoms with Gasteiger partial charge in [-0.05, 0) is 49.1 Å². The second-order valence-corrected chi connectivity index (χ2v) is 6.62. The largest absolute Gasteiger partial charge is 0.361 e. The lowest BCUT2D eigenvalue weighted by atomic mass is 10.1. The maximum absolute atomic E-state index is 12.2. The van der Waals surface area contributed by atoms with Crippen molar-refractivity contribution in [1.82, 2.24) is 10.3 Å². The van der Waals surface area contributed by atoms with Crippen LogP contribution in [0.1, 0.15) is 30.0 Å². The Bertz CT molecular complexity index is 882. The van der Waals surface area contributed by atoms with Gasteiger partial charge in [-0.2, -0.15) is 0 Å². The van der Waals surface area contributed by atoms with E-state index >= 15 is 0 Å². The van der Waals surface area contributed by atoms with Gasteiger partial charge in [-0.3, -0.25) is 4.79 Å². The zero-order valence-corrected chi connectivity index (χ0v) is 15.6. The molecule has 1 heterocycles. The molecule has 0 saturated heterocycles. The average Bonchev–Trinajstić information content (AvgIpc) is 3.06. The Labute approximate surface area is 155 Å². The molecule has 4 nitrogen and oxygen atoms in total. The Morgan fingerprint density at radius 3 is 2.73 bits per heavy atom. The van der Waals surface area contributed by atoms with Crippen molar-refractivity contribution < 1.29 is 4.79 Å². The smallest absolute Gasteiger partial charge is 0.225 e. The first-order valence-corrected chi connectivity index (χ1v) is 9.33. The van der Waals surface area contributed by atoms with Crippen LogP contribution in [-0.2, 0) is 17.6 Å². The standard InChI is InChI=1S/C22H27N3O/c1-3-17-8-6-7-16(2)22(17)25-21(26)12-14-23-13-11-18-15-24-20-10-5-4-9-19(18)20/h4-10,15,23-24H,3,11-14H2,1-2H3,(H,25,26). The monoisotopic (exact) mass is 349 g/mol. The molecule has 26 heavy (non-hydrogen) atoms. The molecule has 0 bridgehead atoms. The van der Waals surface area contributed by atoms with E-state index in [9.17, 15) is 4.79 Å². The topological polar surface area (TPSA) is 56.9 Å². The molecule has 0 fully saturated rings. The molecule has 0 saturated carbocycles. The minimum atomic E-state index is 0.0635. The van der Waals surface area contributed by atoms with E-state index in [2.05, 4.69) is 53.0 Å². The number of aromatic amines is 1. The number of fused-ring (bicyclic) bond motifs is 1. The number of carbonyl (C=O) groups excluding carboxylic acids is 1. The van der Waals surface area contributed by atoms with E-state index in [4.69, 9.17) is 0 Å². The summed E-state index contributed by atoms with van der Waals surface area (Å²) in [6.07, 6.45) is 4.42. The summed E-state index contributed by atoms with van der Waals surface area (Å²) in [4.78, 5) is 15.5. The first-order chi connectivity index (χ1) is 12.7. The summed E-state index contributed by atoms with van der Waals surface area (Å²) in [5.41, 5.74) is 5.76. The lowest BCUT2D eigenvalue weighted by Crippen LogP contribution is -2.24. The van der Waals surface area contributed by atoms with Gasteiger partial charge in [-0.15, -0.1) is 0 Å². The van der Waals surface area contributed by atoms with Crippen molar-refractivity contribution in [3.05, 3.63) is 65.4 Å². The molecule has 0 radical (unpaired) electrons. The number of hydrogen-bond donors (Lipinski definition) is 3. The van der Waals surface area contributed by atoms with Crippen LogP contribution in [0.15, 0.2) is 48.7 Å². The van der Waals surface area contributed by atoms with Crippen molar-refractivity contribution in [2.24, 2.45) is 0 Å². The Morgan fingerprint density at radius 1 is 1.04 bits per heavy atom. The van der Waals surface area contributed by atoms with Crippen molar-refractivity contribution >= 4 is 22.5 Å². The Balaban J connectivity index is 1.43. The summed E-state index contributed by atoms with van der Waals surface area (Å²) < 4.78 is 0. The summed E-state index contributed by atoms with van der Waals surface area (Å²) in [7, 11) is 0. The summed E-state index contributed by atoms with van der Waals surface area (Å²) in [6, 6.07) is 14.5. The average molecular weight is 349 g/mol. The molecule has 0 aliphatic heterocycles. The molecule has 1 amide bonds. The first kappa shape index (κ1) is 18.2. The van der Waals surface area contributed by atoms with E-state index in [0.29, 0.717) is 13.0 Å². The Hall–Kier alpha value is -2.59. The number of carbonyl (C=O) groups is 1. The van der Waals surface area contributed by atoms with Gasteiger partial charge >= 0.3 is 0 Å². The molecular formula is C22H27N3O. The fraction of sp³-hybridized carbons (Fsp3) is 0.318. The van der Waals surface area contributed by atoms with E-state index in [1.54, 1.807) is 0 Å². The number of aromatic nitrogens is 1. The predicted octanol–water partition coefficient (Wildman–Crippen LogP) is 4.20. The fourth-order valence-electron chi connectivity index (χ4n) is 3.29. The van der Waals surface area contributed by atoms with Gasteiger partial charge in [0, 0.05) is 35.8 Å². The molecule has 3 N–H and O–H groups in total. The third-order valence-electron chi connectivity index (χ3n) is 4.78. The van der Waals surface area contributed by atoms with Crippen molar-refractivity contribution in [3.63, 3.8) is 0 Å². The van der Waals surface area contributed by atoms with E-state index in [1.807, 2.05) is 25.1 Å². The molecule has 0 spiro atoms. The number of benzene rings is 2. The number of anilines is 1. The fourth-order valence-corrected chi connectivity index (χ4v) is 3.29. The van der Waals surface area contributed by atoms with Crippen LogP contribution < -0.4 is 10.6 Å². The highest BCUT2D eigenvalue weighted by Gasteiger charge is 2.08. The lowest BCUT2D eigenvalue weighted by Gasteiger charge is -2.13. The van der Waals surface area contributed by atoms with Gasteiger partial charge in [0.15, 0.2) is 0 Å². The minimum absolute atomic E-state index is 0.0635. The molecule has 0 atom stereocenters. The van der Waals surface area contributed by atoms with Crippen molar-refractivity contribution in [2.75, 3.05) is 18.4 Å². The first-order valence-electron chi connectivity index (χ1n) is 9.33. The number of H-pyrrole nitrogens is 1. The second-order valence-electron chi connectivity index (χ2n) is 6.62. The number of para-hydroxylation sites is 2. The van der Waals surface area contributed by atoms with Crippen LogP contribution in [0.2, 0.25) is 0 Å². The van der Waals surface area contributed by atoms with Crippen LogP contribution in [-0.4, -0.2) is 24.0 Å². The molecule has 3 rings (SSSR count). The van der Waals surface area contributed by atoms with Crippen LogP contribution in [0.3, 0.4) is 0 Å². The highest BCUT2D eigenvalue weighted by molar-refractivity contribution is 5.92. The summed E-state index contributed by atoms with van der Waals surface area (Å²) in [5, 5.41) is 7.72. The third kappa shape index (κ3) is 4.33. The Kier molecular flexibility index (Phi) is 6.08. The van der Waals surface area contributed by atoms with Crippen LogP contribution in [0, 0.1) is 6.92 Å². The van der Waals surface area contributed by atoms with E-state index in [1.165, 1.54) is 22.0 Å². The second kappa shape index (κ2) is 8.68. The van der Waals surface area contributed by atoms with Gasteiger partial charge in [0.25, 0.3) is 0 Å². The highest BCUT2D eigenvalue weighted by Crippen LogP contribution is 2.21. The van der Waals surface area contributed by atoms with Crippen LogP contribution in [0.4, 0.5) is 5.69 Å². The molecular weight excluding hydrogens is 322 g/mol. The Morgan fingerprint density at radius 2 is 1.88 bits per heavy atom. The molecule has 0 aliphatic rings. The van der Waals surface area contributed by atoms with Gasteiger partial charge in [0.05, 0.1) is 0 Å². The maximum Gasteiger partial charge on any atom is 0.225 e. The van der Waals surface area contributed by atoms with Crippen LogP contribution in [0.5, 0.6) is 0 Å². The van der Waals surface area contributed by atoms with Crippen molar-refractivity contribution in [1.29, 1.82) is 0 Å². The van der Waals surface area contributed by atoms with Crippen molar-refractivity contribution in [2.45, 2.75) is 33.1 Å². The number of aryl methyl sites for hydroxylation is 2. The molecule has 1 aromatic heterocycles. The summed E-state index contributed by atoms with van der Waals surface area (Å²) in [6.45, 7) is 5.69. The zero-order valence-electron chi connectivity index (χ0n) is 15.6. The molecule has 0 unspecified atom stereocenters. The third-order valence-corrected chi connectivity index (χ3v) is 4.78. The normalized spacial score (nSPS) is 11.0. The van der Waals surface area contributed by atoms with Gasteiger partial charge < -0.3 is 15.6 Å². The van der Waals surface area contributed by atoms with Crippen LogP contribution >= 0.6 is 0 Å². The quantitative estimate of drug-likeness (QED) is 0.534. The van der Waals surface area contributed by atoms with E-state index in [-0.39, 0.29) is 5.91 Å². The summed E-state index contributed by atoms with van der Waals surface area (Å²) in [5.74, 6) is 0.0635. The molecule has 2 aromatic carbocycles. The molecule has 136 valence electrons. The number of nitrogens with one attached hydrogen (secondary N) is 3. The maximum atomic E-state index is 12.2. The van der Waals surface area contributed by atoms with Crippen molar-refractivity contribution in [3.8, 4) is 0 Å². The lowest BCUT2D eigenvalue weighted by molar-refractivity contribution is -0.116. The number of rotatable bonds is 8. The number of amides is 1. The predicted molar refractivity (Wildman–Crippen MR) is 109 cm³/mol. The SMILES string of the molecule is CCc1cccc(C)c1NC(=O)CCNCCc1c[nH]c2ccccc12. The minimum Gasteiger partial charge on any atom is -0.361 e. The van der Waals surface area contributed by atoms with Gasteiger partial charge in [-0.25, -0.2) is 0 Å². The van der Waals surface area contributed by atoms with E-state index < -0.39 is 0 Å². The molecule has 0 aliphatic carbocycles. The van der Waals surface area contributed by atoms with Crippen LogP contribution in [0.25, 0.3) is 10.9 Å². The van der Waals surface area contributed by atoms with Gasteiger partial charge in [0.2, 0.25) is 5.91 Å². The van der Waals surface area contributed by atoms with E-state index in [0.717, 1.165) is 30.6 Å². The molecule has 3 aromatic rings. The zero-order chi connectivity index (χ0) is 18.4. The number of hydrogen-bond acceptors (Lipinski definition) is 2. The van der Waals surface area contributed by atoms with Gasteiger partial charge in [-0.1, -0.05) is 43.3 Å². The highest BCUT2D eigenvalue weighted by atomic mass is 16.1.